The van der Waals surface area contributed by atoms with E-state index in [1.165, 1.54) is 0 Å². The SMILES string of the molecule is COCC1(C(=O)N(C)c2ccc(OCC(=O)O)cc2)CCC1. The molecule has 1 aliphatic rings. The van der Waals surface area contributed by atoms with Crippen molar-refractivity contribution in [3.8, 4) is 5.75 Å². The minimum Gasteiger partial charge on any atom is -0.482 e. The lowest BCUT2D eigenvalue weighted by molar-refractivity contribution is -0.139. The highest BCUT2D eigenvalue weighted by Crippen LogP contribution is 2.43. The number of benzene rings is 1. The Morgan fingerprint density at radius 2 is 1.91 bits per heavy atom. The van der Waals surface area contributed by atoms with Gasteiger partial charge in [0.2, 0.25) is 5.91 Å². The zero-order chi connectivity index (χ0) is 16.2. The molecule has 0 spiro atoms. The number of amides is 1. The third-order valence-corrected chi connectivity index (χ3v) is 4.08. The van der Waals surface area contributed by atoms with Gasteiger partial charge < -0.3 is 19.5 Å². The van der Waals surface area contributed by atoms with E-state index in [4.69, 9.17) is 14.6 Å². The molecule has 6 heteroatoms. The number of methoxy groups -OCH3 is 1. The molecule has 6 nitrogen and oxygen atoms in total. The van der Waals surface area contributed by atoms with E-state index in [2.05, 4.69) is 0 Å². The molecule has 1 fully saturated rings. The van der Waals surface area contributed by atoms with Crippen LogP contribution in [0.1, 0.15) is 19.3 Å². The van der Waals surface area contributed by atoms with Crippen LogP contribution in [0.15, 0.2) is 24.3 Å². The Labute approximate surface area is 129 Å². The Balaban J connectivity index is 2.04. The van der Waals surface area contributed by atoms with Crippen molar-refractivity contribution >= 4 is 17.6 Å². The highest BCUT2D eigenvalue weighted by atomic mass is 16.5. The van der Waals surface area contributed by atoms with E-state index >= 15 is 0 Å². The molecule has 1 N–H and O–H groups in total. The van der Waals surface area contributed by atoms with Crippen LogP contribution in [0, 0.1) is 5.41 Å². The number of hydrogen-bond acceptors (Lipinski definition) is 4. The van der Waals surface area contributed by atoms with Gasteiger partial charge in [0.15, 0.2) is 6.61 Å². The Morgan fingerprint density at radius 3 is 2.36 bits per heavy atom. The molecule has 22 heavy (non-hydrogen) atoms. The average molecular weight is 307 g/mol. The third-order valence-electron chi connectivity index (χ3n) is 4.08. The van der Waals surface area contributed by atoms with Crippen molar-refractivity contribution in [3.63, 3.8) is 0 Å². The van der Waals surface area contributed by atoms with Crippen molar-refractivity contribution in [1.29, 1.82) is 0 Å². The molecule has 1 aromatic carbocycles. The number of aliphatic carboxylic acids is 1. The lowest BCUT2D eigenvalue weighted by Crippen LogP contribution is -2.49. The lowest BCUT2D eigenvalue weighted by Gasteiger charge is -2.42. The minimum atomic E-state index is -1.03. The number of carbonyl (C=O) groups is 2. The first-order valence-corrected chi connectivity index (χ1v) is 7.20. The van der Waals surface area contributed by atoms with E-state index in [1.54, 1.807) is 43.3 Å². The second-order valence-corrected chi connectivity index (χ2v) is 5.61. The first-order chi connectivity index (χ1) is 10.5. The molecule has 1 aromatic rings. The van der Waals surface area contributed by atoms with Gasteiger partial charge in [0, 0.05) is 19.8 Å². The Morgan fingerprint density at radius 1 is 1.27 bits per heavy atom. The molecule has 1 saturated carbocycles. The number of rotatable bonds is 7. The number of ether oxygens (including phenoxy) is 2. The zero-order valence-electron chi connectivity index (χ0n) is 12.9. The smallest absolute Gasteiger partial charge is 0.341 e. The maximum Gasteiger partial charge on any atom is 0.341 e. The Bertz CT molecular complexity index is 536. The second-order valence-electron chi connectivity index (χ2n) is 5.61. The van der Waals surface area contributed by atoms with Crippen molar-refractivity contribution < 1.29 is 24.2 Å². The van der Waals surface area contributed by atoms with Crippen LogP contribution >= 0.6 is 0 Å². The summed E-state index contributed by atoms with van der Waals surface area (Å²) in [6, 6.07) is 6.81. The molecule has 0 radical (unpaired) electrons. The van der Waals surface area contributed by atoms with Gasteiger partial charge in [0.25, 0.3) is 0 Å². The lowest BCUT2D eigenvalue weighted by atomic mass is 9.68. The summed E-state index contributed by atoms with van der Waals surface area (Å²) < 4.78 is 10.3. The molecule has 0 unspecified atom stereocenters. The highest BCUT2D eigenvalue weighted by molar-refractivity contribution is 5.97. The van der Waals surface area contributed by atoms with Crippen molar-refractivity contribution in [1.82, 2.24) is 0 Å². The fourth-order valence-corrected chi connectivity index (χ4v) is 2.68. The summed E-state index contributed by atoms with van der Waals surface area (Å²) in [5, 5.41) is 8.57. The second kappa shape index (κ2) is 6.79. The molecule has 120 valence electrons. The summed E-state index contributed by atoms with van der Waals surface area (Å²) in [5.41, 5.74) is 0.345. The van der Waals surface area contributed by atoms with Crippen LogP contribution in [-0.2, 0) is 14.3 Å². The third kappa shape index (κ3) is 3.39. The van der Waals surface area contributed by atoms with Gasteiger partial charge >= 0.3 is 5.97 Å². The van der Waals surface area contributed by atoms with Crippen molar-refractivity contribution in [2.24, 2.45) is 5.41 Å². The molecule has 0 saturated heterocycles. The summed E-state index contributed by atoms with van der Waals surface area (Å²) in [5.74, 6) is -0.509. The molecule has 0 heterocycles. The Hall–Kier alpha value is -2.08. The van der Waals surface area contributed by atoms with Gasteiger partial charge in [0.1, 0.15) is 5.75 Å². The van der Waals surface area contributed by atoms with Crippen molar-refractivity contribution in [2.75, 3.05) is 32.3 Å². The van der Waals surface area contributed by atoms with E-state index in [0.29, 0.717) is 12.4 Å². The van der Waals surface area contributed by atoms with Gasteiger partial charge in [-0.15, -0.1) is 0 Å². The van der Waals surface area contributed by atoms with Crippen molar-refractivity contribution in [3.05, 3.63) is 24.3 Å². The summed E-state index contributed by atoms with van der Waals surface area (Å²) >= 11 is 0. The van der Waals surface area contributed by atoms with Gasteiger partial charge in [0.05, 0.1) is 12.0 Å². The van der Waals surface area contributed by atoms with Crippen LogP contribution in [0.2, 0.25) is 0 Å². The van der Waals surface area contributed by atoms with Gasteiger partial charge in [-0.2, -0.15) is 0 Å². The molecule has 1 amide bonds. The minimum absolute atomic E-state index is 0.0554. The molecular formula is C16H21NO5. The maximum atomic E-state index is 12.7. The average Bonchev–Trinajstić information content (AvgIpc) is 2.48. The number of carbonyl (C=O) groups excluding carboxylic acids is 1. The van der Waals surface area contributed by atoms with Crippen LogP contribution in [-0.4, -0.2) is 44.4 Å². The summed E-state index contributed by atoms with van der Waals surface area (Å²) in [7, 11) is 3.35. The van der Waals surface area contributed by atoms with Crippen LogP contribution in [0.5, 0.6) is 5.75 Å². The molecule has 0 aliphatic heterocycles. The quantitative estimate of drug-likeness (QED) is 0.833. The maximum absolute atomic E-state index is 12.7. The van der Waals surface area contributed by atoms with Gasteiger partial charge in [-0.1, -0.05) is 6.42 Å². The monoisotopic (exact) mass is 307 g/mol. The normalized spacial score (nSPS) is 15.7. The zero-order valence-corrected chi connectivity index (χ0v) is 12.9. The number of carboxylic acids is 1. The molecule has 0 aromatic heterocycles. The predicted molar refractivity (Wildman–Crippen MR) is 81.1 cm³/mol. The molecule has 2 rings (SSSR count). The van der Waals surface area contributed by atoms with Crippen LogP contribution < -0.4 is 9.64 Å². The Kier molecular flexibility index (Phi) is 5.03. The fraction of sp³-hybridized carbons (Fsp3) is 0.500. The number of hydrogen-bond donors (Lipinski definition) is 1. The predicted octanol–water partition coefficient (Wildman–Crippen LogP) is 1.93. The molecule has 0 bridgehead atoms. The van der Waals surface area contributed by atoms with Gasteiger partial charge in [-0.3, -0.25) is 4.79 Å². The molecule has 0 atom stereocenters. The van der Waals surface area contributed by atoms with E-state index < -0.39 is 11.4 Å². The number of anilines is 1. The van der Waals surface area contributed by atoms with Crippen LogP contribution in [0.25, 0.3) is 0 Å². The van der Waals surface area contributed by atoms with Crippen LogP contribution in [0.4, 0.5) is 5.69 Å². The summed E-state index contributed by atoms with van der Waals surface area (Å²) in [6.45, 7) is 0.0566. The molecular weight excluding hydrogens is 286 g/mol. The van der Waals surface area contributed by atoms with Gasteiger partial charge in [-0.05, 0) is 37.1 Å². The van der Waals surface area contributed by atoms with E-state index in [1.807, 2.05) is 0 Å². The number of nitrogens with zero attached hydrogens (tertiary/aromatic N) is 1. The first kappa shape index (κ1) is 16.3. The van der Waals surface area contributed by atoms with Crippen molar-refractivity contribution in [2.45, 2.75) is 19.3 Å². The van der Waals surface area contributed by atoms with E-state index in [-0.39, 0.29) is 12.5 Å². The van der Waals surface area contributed by atoms with Gasteiger partial charge in [-0.25, -0.2) is 4.79 Å². The standard InChI is InChI=1S/C16H21NO5/c1-17(15(20)16(11-21-2)8-3-9-16)12-4-6-13(7-5-12)22-10-14(18)19/h4-7H,3,8-11H2,1-2H3,(H,18,19). The fourth-order valence-electron chi connectivity index (χ4n) is 2.68. The largest absolute Gasteiger partial charge is 0.482 e. The number of carboxylic acid groups (broad SMARTS) is 1. The topological polar surface area (TPSA) is 76.1 Å². The van der Waals surface area contributed by atoms with E-state index in [0.717, 1.165) is 24.9 Å². The van der Waals surface area contributed by atoms with E-state index in [9.17, 15) is 9.59 Å². The molecule has 1 aliphatic carbocycles. The highest BCUT2D eigenvalue weighted by Gasteiger charge is 2.45. The summed E-state index contributed by atoms with van der Waals surface area (Å²) in [4.78, 5) is 24.8. The summed E-state index contributed by atoms with van der Waals surface area (Å²) in [6.07, 6.45) is 2.75. The van der Waals surface area contributed by atoms with Crippen LogP contribution in [0.3, 0.4) is 0 Å². The first-order valence-electron chi connectivity index (χ1n) is 7.20.